The molecule has 1 N–H and O–H groups in total. The van der Waals surface area contributed by atoms with Gasteiger partial charge < -0.3 is 15.0 Å². The number of hydrogen-bond donors (Lipinski definition) is 1. The van der Waals surface area contributed by atoms with Gasteiger partial charge in [-0.15, -0.1) is 16.8 Å². The number of ether oxygens (including phenoxy) is 1. The Labute approximate surface area is 174 Å². The first-order valence-electron chi connectivity index (χ1n) is 9.37. The molecule has 0 radical (unpaired) electrons. The summed E-state index contributed by atoms with van der Waals surface area (Å²) in [7, 11) is 3.24. The number of nitrogens with zero attached hydrogens (tertiary/aromatic N) is 4. The summed E-state index contributed by atoms with van der Waals surface area (Å²) in [5, 5.41) is 12.0. The number of carbonyl (C=O) groups is 2. The number of allylic oxidation sites excluding steroid dienone is 1. The Balaban J connectivity index is 1.67. The lowest BCUT2D eigenvalue weighted by Crippen LogP contribution is -2.39. The highest BCUT2D eigenvalue weighted by atomic mass is 32.2. The molecule has 1 heterocycles. The number of likely N-dealkylation sites (N-methyl/N-ethyl adjacent to an activating group) is 1. The minimum atomic E-state index is -0.145. The van der Waals surface area contributed by atoms with Crippen molar-refractivity contribution >= 4 is 23.6 Å². The van der Waals surface area contributed by atoms with Gasteiger partial charge in [-0.3, -0.25) is 14.2 Å². The van der Waals surface area contributed by atoms with Crippen molar-refractivity contribution in [3.63, 3.8) is 0 Å². The topological polar surface area (TPSA) is 89.4 Å². The maximum atomic E-state index is 12.4. The van der Waals surface area contributed by atoms with E-state index in [0.717, 1.165) is 18.4 Å². The van der Waals surface area contributed by atoms with E-state index in [0.29, 0.717) is 23.3 Å². The third kappa shape index (κ3) is 5.38. The Kier molecular flexibility index (Phi) is 6.92. The second kappa shape index (κ2) is 9.60. The Bertz CT molecular complexity index is 894. The van der Waals surface area contributed by atoms with Gasteiger partial charge in [-0.1, -0.05) is 30.0 Å². The largest absolute Gasteiger partial charge is 0.496 e. The van der Waals surface area contributed by atoms with E-state index in [1.54, 1.807) is 20.2 Å². The summed E-state index contributed by atoms with van der Waals surface area (Å²) in [6, 6.07) is 7.85. The quantitative estimate of drug-likeness (QED) is 0.471. The lowest BCUT2D eigenvalue weighted by Gasteiger charge is -2.16. The lowest BCUT2D eigenvalue weighted by molar-refractivity contribution is -0.132. The van der Waals surface area contributed by atoms with Gasteiger partial charge in [0.05, 0.1) is 25.0 Å². The molecule has 3 rings (SSSR count). The molecule has 9 heteroatoms. The minimum Gasteiger partial charge on any atom is -0.496 e. The highest BCUT2D eigenvalue weighted by Crippen LogP contribution is 2.31. The first-order valence-corrected chi connectivity index (χ1v) is 10.4. The van der Waals surface area contributed by atoms with Crippen LogP contribution in [0.25, 0.3) is 11.4 Å². The van der Waals surface area contributed by atoms with Crippen LogP contribution in [0.3, 0.4) is 0 Å². The third-order valence-electron chi connectivity index (χ3n) is 4.45. The fourth-order valence-electron chi connectivity index (χ4n) is 2.76. The predicted molar refractivity (Wildman–Crippen MR) is 112 cm³/mol. The Morgan fingerprint density at radius 2 is 2.14 bits per heavy atom. The summed E-state index contributed by atoms with van der Waals surface area (Å²) in [6.45, 7) is 4.36. The summed E-state index contributed by atoms with van der Waals surface area (Å²) in [5.41, 5.74) is 0.816. The zero-order valence-corrected chi connectivity index (χ0v) is 17.4. The number of para-hydroxylation sites is 1. The van der Waals surface area contributed by atoms with Crippen molar-refractivity contribution in [1.29, 1.82) is 0 Å². The van der Waals surface area contributed by atoms with Gasteiger partial charge in [0.1, 0.15) is 5.75 Å². The van der Waals surface area contributed by atoms with E-state index in [1.165, 1.54) is 16.7 Å². The van der Waals surface area contributed by atoms with Crippen LogP contribution >= 0.6 is 11.8 Å². The van der Waals surface area contributed by atoms with Gasteiger partial charge in [-0.25, -0.2) is 0 Å². The number of aromatic nitrogens is 3. The molecule has 0 bridgehead atoms. The Morgan fingerprint density at radius 1 is 1.38 bits per heavy atom. The van der Waals surface area contributed by atoms with E-state index in [9.17, 15) is 9.59 Å². The zero-order chi connectivity index (χ0) is 20.8. The Hall–Kier alpha value is -2.81. The molecule has 1 aliphatic carbocycles. The van der Waals surface area contributed by atoms with Crippen molar-refractivity contribution in [2.24, 2.45) is 0 Å². The average Bonchev–Trinajstić information content (AvgIpc) is 3.44. The van der Waals surface area contributed by atoms with E-state index in [-0.39, 0.29) is 30.2 Å². The molecule has 0 aliphatic heterocycles. The van der Waals surface area contributed by atoms with Crippen LogP contribution in [0.15, 0.2) is 42.1 Å². The second-order valence-corrected chi connectivity index (χ2v) is 7.73. The number of benzene rings is 1. The van der Waals surface area contributed by atoms with Gasteiger partial charge >= 0.3 is 0 Å². The first kappa shape index (κ1) is 20.9. The molecular formula is C20H25N5O3S. The molecule has 0 saturated heterocycles. The van der Waals surface area contributed by atoms with Crippen LogP contribution in [0.4, 0.5) is 0 Å². The highest BCUT2D eigenvalue weighted by Gasteiger charge is 2.24. The van der Waals surface area contributed by atoms with Gasteiger partial charge in [0.25, 0.3) is 0 Å². The van der Waals surface area contributed by atoms with E-state index in [2.05, 4.69) is 22.1 Å². The smallest absolute Gasteiger partial charge is 0.239 e. The summed E-state index contributed by atoms with van der Waals surface area (Å²) >= 11 is 1.28. The van der Waals surface area contributed by atoms with Crippen molar-refractivity contribution in [3.8, 4) is 17.1 Å². The van der Waals surface area contributed by atoms with E-state index < -0.39 is 0 Å². The Morgan fingerprint density at radius 3 is 2.83 bits per heavy atom. The van der Waals surface area contributed by atoms with E-state index in [1.807, 2.05) is 28.8 Å². The maximum absolute atomic E-state index is 12.4. The predicted octanol–water partition coefficient (Wildman–Crippen LogP) is 1.97. The molecule has 0 unspecified atom stereocenters. The molecule has 2 aromatic rings. The number of methoxy groups -OCH3 is 1. The number of carbonyl (C=O) groups excluding carboxylic acids is 2. The summed E-state index contributed by atoms with van der Waals surface area (Å²) < 4.78 is 7.32. The SMILES string of the molecule is C=CCn1c(SCC(=O)N(C)CC(=O)NC2CC2)nnc1-c1ccccc1OC. The lowest BCUT2D eigenvalue weighted by atomic mass is 10.2. The average molecular weight is 416 g/mol. The summed E-state index contributed by atoms with van der Waals surface area (Å²) in [6.07, 6.45) is 3.79. The van der Waals surface area contributed by atoms with E-state index >= 15 is 0 Å². The van der Waals surface area contributed by atoms with Crippen LogP contribution in [-0.2, 0) is 16.1 Å². The maximum Gasteiger partial charge on any atom is 0.239 e. The van der Waals surface area contributed by atoms with Crippen molar-refractivity contribution < 1.29 is 14.3 Å². The fourth-order valence-corrected chi connectivity index (χ4v) is 3.65. The molecule has 8 nitrogen and oxygen atoms in total. The number of rotatable bonds is 10. The van der Waals surface area contributed by atoms with Crippen molar-refractivity contribution in [2.45, 2.75) is 30.6 Å². The normalized spacial score (nSPS) is 13.0. The minimum absolute atomic E-state index is 0.0572. The molecule has 1 aromatic carbocycles. The molecule has 0 atom stereocenters. The van der Waals surface area contributed by atoms with Crippen molar-refractivity contribution in [2.75, 3.05) is 26.5 Å². The number of amides is 2. The number of nitrogens with one attached hydrogen (secondary N) is 1. The van der Waals surface area contributed by atoms with Crippen molar-refractivity contribution in [3.05, 3.63) is 36.9 Å². The first-order chi connectivity index (χ1) is 14.0. The molecular weight excluding hydrogens is 390 g/mol. The van der Waals surface area contributed by atoms with Crippen LogP contribution < -0.4 is 10.1 Å². The van der Waals surface area contributed by atoms with Gasteiger partial charge in [-0.2, -0.15) is 0 Å². The molecule has 154 valence electrons. The fraction of sp³-hybridized carbons (Fsp3) is 0.400. The van der Waals surface area contributed by atoms with Gasteiger partial charge in [0.15, 0.2) is 11.0 Å². The van der Waals surface area contributed by atoms with Crippen LogP contribution in [0, 0.1) is 0 Å². The molecule has 1 saturated carbocycles. The number of hydrogen-bond acceptors (Lipinski definition) is 6. The van der Waals surface area contributed by atoms with Crippen LogP contribution in [0.5, 0.6) is 5.75 Å². The third-order valence-corrected chi connectivity index (χ3v) is 5.40. The molecule has 2 amide bonds. The molecule has 1 aromatic heterocycles. The van der Waals surface area contributed by atoms with Crippen LogP contribution in [0.2, 0.25) is 0 Å². The number of thioether (sulfide) groups is 1. The van der Waals surface area contributed by atoms with Crippen molar-refractivity contribution in [1.82, 2.24) is 25.0 Å². The summed E-state index contributed by atoms with van der Waals surface area (Å²) in [5.74, 6) is 1.23. The molecule has 1 aliphatic rings. The van der Waals surface area contributed by atoms with Gasteiger partial charge in [0.2, 0.25) is 11.8 Å². The van der Waals surface area contributed by atoms with Crippen LogP contribution in [0.1, 0.15) is 12.8 Å². The standard InChI is InChI=1S/C20H25N5O3S/c1-4-11-25-19(15-7-5-6-8-16(15)28-3)22-23-20(25)29-13-18(27)24(2)12-17(26)21-14-9-10-14/h4-8,14H,1,9-13H2,2-3H3,(H,21,26). The van der Waals surface area contributed by atoms with Gasteiger partial charge in [-0.05, 0) is 25.0 Å². The highest BCUT2D eigenvalue weighted by molar-refractivity contribution is 7.99. The van der Waals surface area contributed by atoms with Crippen LogP contribution in [-0.4, -0.2) is 64.0 Å². The zero-order valence-electron chi connectivity index (χ0n) is 16.6. The molecule has 0 spiro atoms. The van der Waals surface area contributed by atoms with Gasteiger partial charge in [0, 0.05) is 19.6 Å². The molecule has 29 heavy (non-hydrogen) atoms. The van der Waals surface area contributed by atoms with E-state index in [4.69, 9.17) is 4.74 Å². The monoisotopic (exact) mass is 415 g/mol. The molecule has 1 fully saturated rings. The second-order valence-electron chi connectivity index (χ2n) is 6.79. The summed E-state index contributed by atoms with van der Waals surface area (Å²) in [4.78, 5) is 25.7.